The minimum absolute atomic E-state index is 0.199. The summed E-state index contributed by atoms with van der Waals surface area (Å²) in [6.45, 7) is 4.18. The first kappa shape index (κ1) is 10.3. The average Bonchev–Trinajstić information content (AvgIpc) is 2.04. The van der Waals surface area contributed by atoms with Crippen molar-refractivity contribution < 1.29 is 0 Å². The van der Waals surface area contributed by atoms with Crippen LogP contribution in [-0.4, -0.2) is 5.38 Å². The zero-order chi connectivity index (χ0) is 9.14. The van der Waals surface area contributed by atoms with Gasteiger partial charge in [-0.15, -0.1) is 11.6 Å². The Labute approximate surface area is 92.5 Å². The lowest BCUT2D eigenvalue weighted by Crippen LogP contribution is -2.04. The van der Waals surface area contributed by atoms with Crippen molar-refractivity contribution in [2.45, 2.75) is 25.1 Å². The molecule has 2 heteroatoms. The Kier molecular flexibility index (Phi) is 3.84. The first-order valence-electron chi connectivity index (χ1n) is 4.01. The predicted octanol–water partition coefficient (Wildman–Crippen LogP) is 4.02. The van der Waals surface area contributed by atoms with Gasteiger partial charge in [0.05, 0.1) is 0 Å². The summed E-state index contributed by atoms with van der Waals surface area (Å²) in [7, 11) is 0. The molecule has 0 bridgehead atoms. The Morgan fingerprint density at radius 2 is 1.67 bits per heavy atom. The Morgan fingerprint density at radius 3 is 2.08 bits per heavy atom. The molecule has 12 heavy (non-hydrogen) atoms. The molecule has 2 unspecified atom stereocenters. The van der Waals surface area contributed by atoms with E-state index in [1.165, 1.54) is 9.13 Å². The summed E-state index contributed by atoms with van der Waals surface area (Å²) in [4.78, 5) is 0. The molecular formula is C10H12ClI. The third-order valence-corrected chi connectivity index (χ3v) is 3.18. The molecule has 0 saturated carbocycles. The van der Waals surface area contributed by atoms with Gasteiger partial charge in [0.1, 0.15) is 0 Å². The van der Waals surface area contributed by atoms with E-state index in [-0.39, 0.29) is 5.38 Å². The SMILES string of the molecule is CC(Cl)C(C)c1ccc(I)cc1. The number of halogens is 2. The fourth-order valence-electron chi connectivity index (χ4n) is 1.03. The predicted molar refractivity (Wildman–Crippen MR) is 62.9 cm³/mol. The van der Waals surface area contributed by atoms with Crippen LogP contribution in [0, 0.1) is 3.57 Å². The molecule has 66 valence electrons. The number of rotatable bonds is 2. The molecular weight excluding hydrogens is 282 g/mol. The molecule has 0 saturated heterocycles. The average molecular weight is 295 g/mol. The van der Waals surface area contributed by atoms with E-state index in [4.69, 9.17) is 11.6 Å². The van der Waals surface area contributed by atoms with Crippen molar-refractivity contribution in [1.29, 1.82) is 0 Å². The first-order chi connectivity index (χ1) is 5.61. The van der Waals surface area contributed by atoms with Gasteiger partial charge in [0.25, 0.3) is 0 Å². The molecule has 0 aliphatic rings. The van der Waals surface area contributed by atoms with Crippen molar-refractivity contribution >= 4 is 34.2 Å². The van der Waals surface area contributed by atoms with E-state index < -0.39 is 0 Å². The summed E-state index contributed by atoms with van der Waals surface area (Å²) >= 11 is 8.30. The summed E-state index contributed by atoms with van der Waals surface area (Å²) in [5.41, 5.74) is 1.32. The molecule has 1 aromatic rings. The van der Waals surface area contributed by atoms with E-state index in [1.54, 1.807) is 0 Å². The first-order valence-corrected chi connectivity index (χ1v) is 5.52. The molecule has 0 aromatic heterocycles. The number of hydrogen-bond donors (Lipinski definition) is 0. The van der Waals surface area contributed by atoms with E-state index in [0.29, 0.717) is 5.92 Å². The number of alkyl halides is 1. The van der Waals surface area contributed by atoms with Gasteiger partial charge in [-0.25, -0.2) is 0 Å². The molecule has 0 N–H and O–H groups in total. The minimum Gasteiger partial charge on any atom is -0.123 e. The van der Waals surface area contributed by atoms with Crippen molar-refractivity contribution in [3.8, 4) is 0 Å². The van der Waals surface area contributed by atoms with Crippen molar-refractivity contribution in [2.75, 3.05) is 0 Å². The normalized spacial score (nSPS) is 15.7. The van der Waals surface area contributed by atoms with Crippen LogP contribution in [0.1, 0.15) is 25.3 Å². The maximum absolute atomic E-state index is 6.00. The lowest BCUT2D eigenvalue weighted by Gasteiger charge is -2.13. The van der Waals surface area contributed by atoms with Gasteiger partial charge in [0, 0.05) is 8.95 Å². The van der Waals surface area contributed by atoms with Crippen LogP contribution in [0.15, 0.2) is 24.3 Å². The second-order valence-corrected chi connectivity index (χ2v) is 4.95. The summed E-state index contributed by atoms with van der Waals surface area (Å²) in [6.07, 6.45) is 0. The molecule has 0 amide bonds. The highest BCUT2D eigenvalue weighted by atomic mass is 127. The van der Waals surface area contributed by atoms with Gasteiger partial charge in [0.15, 0.2) is 0 Å². The Balaban J connectivity index is 2.82. The maximum atomic E-state index is 6.00. The standard InChI is InChI=1S/C10H12ClI/c1-7(8(2)11)9-3-5-10(12)6-4-9/h3-8H,1-2H3. The molecule has 0 radical (unpaired) electrons. The highest BCUT2D eigenvalue weighted by Gasteiger charge is 2.10. The van der Waals surface area contributed by atoms with Crippen molar-refractivity contribution in [1.82, 2.24) is 0 Å². The lowest BCUT2D eigenvalue weighted by atomic mass is 9.99. The topological polar surface area (TPSA) is 0 Å². The smallest absolute Gasteiger partial charge is 0.0373 e. The molecule has 0 fully saturated rings. The van der Waals surface area contributed by atoms with Crippen LogP contribution < -0.4 is 0 Å². The van der Waals surface area contributed by atoms with Crippen LogP contribution >= 0.6 is 34.2 Å². The highest BCUT2D eigenvalue weighted by Crippen LogP contribution is 2.23. The molecule has 2 atom stereocenters. The monoisotopic (exact) mass is 294 g/mol. The summed E-state index contributed by atoms with van der Waals surface area (Å²) < 4.78 is 1.27. The van der Waals surface area contributed by atoms with Crippen LogP contribution in [-0.2, 0) is 0 Å². The van der Waals surface area contributed by atoms with Gasteiger partial charge >= 0.3 is 0 Å². The summed E-state index contributed by atoms with van der Waals surface area (Å²) in [6, 6.07) is 8.52. The fourth-order valence-corrected chi connectivity index (χ4v) is 1.54. The van der Waals surface area contributed by atoms with Crippen LogP contribution in [0.3, 0.4) is 0 Å². The van der Waals surface area contributed by atoms with Crippen LogP contribution in [0.5, 0.6) is 0 Å². The lowest BCUT2D eigenvalue weighted by molar-refractivity contribution is 0.742. The van der Waals surface area contributed by atoms with Gasteiger partial charge in [0.2, 0.25) is 0 Å². The van der Waals surface area contributed by atoms with E-state index in [9.17, 15) is 0 Å². The zero-order valence-electron chi connectivity index (χ0n) is 7.22. The van der Waals surface area contributed by atoms with E-state index in [1.807, 2.05) is 6.92 Å². The van der Waals surface area contributed by atoms with Crippen molar-refractivity contribution in [3.63, 3.8) is 0 Å². The Morgan fingerprint density at radius 1 is 1.17 bits per heavy atom. The van der Waals surface area contributed by atoms with E-state index in [2.05, 4.69) is 53.8 Å². The van der Waals surface area contributed by atoms with Crippen LogP contribution in [0.2, 0.25) is 0 Å². The van der Waals surface area contributed by atoms with Gasteiger partial charge in [-0.05, 0) is 53.1 Å². The van der Waals surface area contributed by atoms with Crippen LogP contribution in [0.4, 0.5) is 0 Å². The second kappa shape index (κ2) is 4.47. The molecule has 1 rings (SSSR count). The largest absolute Gasteiger partial charge is 0.123 e. The number of benzene rings is 1. The van der Waals surface area contributed by atoms with Gasteiger partial charge in [-0.3, -0.25) is 0 Å². The molecule has 0 aliphatic heterocycles. The van der Waals surface area contributed by atoms with Crippen molar-refractivity contribution in [3.05, 3.63) is 33.4 Å². The van der Waals surface area contributed by atoms with Gasteiger partial charge in [-0.1, -0.05) is 19.1 Å². The molecule has 0 aliphatic carbocycles. The quantitative estimate of drug-likeness (QED) is 0.571. The second-order valence-electron chi connectivity index (χ2n) is 3.02. The summed E-state index contributed by atoms with van der Waals surface area (Å²) in [5.74, 6) is 0.434. The van der Waals surface area contributed by atoms with E-state index >= 15 is 0 Å². The van der Waals surface area contributed by atoms with Crippen LogP contribution in [0.25, 0.3) is 0 Å². The zero-order valence-corrected chi connectivity index (χ0v) is 10.1. The fraction of sp³-hybridized carbons (Fsp3) is 0.400. The molecule has 0 nitrogen and oxygen atoms in total. The Hall–Kier alpha value is 0.240. The number of hydrogen-bond acceptors (Lipinski definition) is 0. The molecule has 0 spiro atoms. The maximum Gasteiger partial charge on any atom is 0.0373 e. The highest BCUT2D eigenvalue weighted by molar-refractivity contribution is 14.1. The summed E-state index contributed by atoms with van der Waals surface area (Å²) in [5, 5.41) is 0.199. The van der Waals surface area contributed by atoms with E-state index in [0.717, 1.165) is 0 Å². The third kappa shape index (κ3) is 2.63. The van der Waals surface area contributed by atoms with Crippen molar-refractivity contribution in [2.24, 2.45) is 0 Å². The van der Waals surface area contributed by atoms with Gasteiger partial charge < -0.3 is 0 Å². The Bertz CT molecular complexity index is 241. The van der Waals surface area contributed by atoms with Gasteiger partial charge in [-0.2, -0.15) is 0 Å². The molecule has 1 aromatic carbocycles. The third-order valence-electron chi connectivity index (χ3n) is 2.08. The minimum atomic E-state index is 0.199. The molecule has 0 heterocycles.